The highest BCUT2D eigenvalue weighted by atomic mass is 19.1. The zero-order chi connectivity index (χ0) is 36.4. The Labute approximate surface area is 303 Å². The second-order valence-electron chi connectivity index (χ2n) is 13.7. The second-order valence-corrected chi connectivity index (χ2v) is 13.7. The summed E-state index contributed by atoms with van der Waals surface area (Å²) in [5, 5.41) is 16.2. The van der Waals surface area contributed by atoms with Crippen molar-refractivity contribution in [3.63, 3.8) is 0 Å². The van der Waals surface area contributed by atoms with E-state index < -0.39 is 5.82 Å². The highest BCUT2D eigenvalue weighted by molar-refractivity contribution is 6.11. The predicted molar refractivity (Wildman–Crippen MR) is 197 cm³/mol. The van der Waals surface area contributed by atoms with E-state index in [0.29, 0.717) is 86.1 Å². The lowest BCUT2D eigenvalue weighted by Gasteiger charge is -2.40. The van der Waals surface area contributed by atoms with Gasteiger partial charge in [0.15, 0.2) is 0 Å². The van der Waals surface area contributed by atoms with Crippen LogP contribution >= 0.6 is 0 Å². The number of anilines is 1. The van der Waals surface area contributed by atoms with E-state index in [2.05, 4.69) is 22.1 Å². The molecule has 272 valence electrons. The van der Waals surface area contributed by atoms with Crippen molar-refractivity contribution in [1.29, 1.82) is 0 Å². The number of phenolic OH excluding ortho intramolecular Hbond substituents is 1. The number of carbonyl (C=O) groups is 2. The lowest BCUT2D eigenvalue weighted by molar-refractivity contribution is 0.0193. The molecule has 52 heavy (non-hydrogen) atoms. The van der Waals surface area contributed by atoms with Gasteiger partial charge in [0.1, 0.15) is 11.6 Å². The minimum atomic E-state index is -0.483. The maximum absolute atomic E-state index is 15.3. The van der Waals surface area contributed by atoms with Gasteiger partial charge in [0.2, 0.25) is 0 Å². The molecular weight excluding hydrogens is 663 g/mol. The molecule has 3 aliphatic rings. The number of aromatic nitrogens is 1. The summed E-state index contributed by atoms with van der Waals surface area (Å²) >= 11 is 0. The van der Waals surface area contributed by atoms with E-state index in [0.717, 1.165) is 18.7 Å². The summed E-state index contributed by atoms with van der Waals surface area (Å²) in [6, 6.07) is 20.3. The molecule has 0 radical (unpaired) electrons. The molecule has 1 unspecified atom stereocenters. The third kappa shape index (κ3) is 7.19. The molecule has 0 saturated carbocycles. The number of hydrazone groups is 1. The van der Waals surface area contributed by atoms with Crippen LogP contribution in [-0.2, 0) is 35.9 Å². The van der Waals surface area contributed by atoms with Crippen molar-refractivity contribution in [2.75, 3.05) is 65.1 Å². The fraction of sp³-hybridized carbons (Fsp3) is 0.375. The highest BCUT2D eigenvalue weighted by Gasteiger charge is 2.35. The molecule has 1 fully saturated rings. The van der Waals surface area contributed by atoms with Gasteiger partial charge in [-0.15, -0.1) is 0 Å². The van der Waals surface area contributed by atoms with Gasteiger partial charge in [-0.05, 0) is 66.1 Å². The van der Waals surface area contributed by atoms with Gasteiger partial charge in [0.25, 0.3) is 11.8 Å². The Balaban J connectivity index is 1.29. The van der Waals surface area contributed by atoms with E-state index in [1.807, 2.05) is 35.7 Å². The standard InChI is InChI=1S/C40H45FN6O5/c1-43-25-32(23-42-43)47(30-9-11-33(48)12-10-30)40(50)36-22-38(44(2)37(36)14-17-51-3)35-21-29(41)8-13-34(35)39(49)46-24-28-7-5-4-6-27(28)20-31(46)26-45-15-18-52-19-16-45/h4-13,21-23,31-32,48H,14-20,24-26H2,1-3H3/t31-,32?/m0/s1. The number of likely N-dealkylation sites (N-methyl/N-ethyl adjacent to an activating group) is 1. The number of ether oxygens (including phenoxy) is 2. The number of carbonyl (C=O) groups excluding carboxylic acids is 2. The number of morpholine rings is 1. The number of rotatable bonds is 10. The third-order valence-electron chi connectivity index (χ3n) is 10.4. The van der Waals surface area contributed by atoms with Crippen LogP contribution in [0.5, 0.6) is 5.75 Å². The van der Waals surface area contributed by atoms with Crippen LogP contribution in [0, 0.1) is 5.82 Å². The minimum absolute atomic E-state index is 0.0869. The SMILES string of the molecule is COCCc1c(C(=O)N(c2ccc(O)cc2)C2C=NN(C)C2)cc(-c2cc(F)ccc2C(=O)N2Cc3ccccc3C[C@H]2CN2CCOCC2)n1C. The minimum Gasteiger partial charge on any atom is -0.508 e. The van der Waals surface area contributed by atoms with E-state index in [1.54, 1.807) is 59.6 Å². The van der Waals surface area contributed by atoms with E-state index in [1.165, 1.54) is 17.7 Å². The number of benzene rings is 3. The van der Waals surface area contributed by atoms with E-state index in [4.69, 9.17) is 9.47 Å². The van der Waals surface area contributed by atoms with Crippen LogP contribution in [0.15, 0.2) is 77.9 Å². The fourth-order valence-corrected chi connectivity index (χ4v) is 7.63. The first-order valence-electron chi connectivity index (χ1n) is 17.7. The number of fused-ring (bicyclic) bond motifs is 1. The first-order valence-corrected chi connectivity index (χ1v) is 17.7. The molecular formula is C40H45FN6O5. The normalized spacial score (nSPS) is 18.8. The molecule has 12 heteroatoms. The maximum atomic E-state index is 15.3. The average molecular weight is 709 g/mol. The van der Waals surface area contributed by atoms with Crippen LogP contribution in [0.25, 0.3) is 11.3 Å². The van der Waals surface area contributed by atoms with Crippen LogP contribution in [-0.4, -0.2) is 115 Å². The molecule has 2 atom stereocenters. The number of nitrogens with zero attached hydrogens (tertiary/aromatic N) is 6. The van der Waals surface area contributed by atoms with Crippen molar-refractivity contribution < 1.29 is 28.6 Å². The molecule has 1 saturated heterocycles. The predicted octanol–water partition coefficient (Wildman–Crippen LogP) is 4.57. The van der Waals surface area contributed by atoms with Gasteiger partial charge in [-0.2, -0.15) is 5.10 Å². The molecule has 0 aliphatic carbocycles. The summed E-state index contributed by atoms with van der Waals surface area (Å²) in [4.78, 5) is 35.5. The van der Waals surface area contributed by atoms with Crippen LogP contribution in [0.3, 0.4) is 0 Å². The van der Waals surface area contributed by atoms with Crippen molar-refractivity contribution in [2.45, 2.75) is 31.5 Å². The fourth-order valence-electron chi connectivity index (χ4n) is 7.63. The van der Waals surface area contributed by atoms with Gasteiger partial charge in [-0.3, -0.25) is 24.4 Å². The molecule has 3 aromatic carbocycles. The summed E-state index contributed by atoms with van der Waals surface area (Å²) in [7, 11) is 5.28. The van der Waals surface area contributed by atoms with Gasteiger partial charge in [-0.25, -0.2) is 4.39 Å². The zero-order valence-electron chi connectivity index (χ0n) is 29.9. The van der Waals surface area contributed by atoms with Gasteiger partial charge in [-0.1, -0.05) is 24.3 Å². The quantitative estimate of drug-likeness (QED) is 0.258. The number of methoxy groups -OCH3 is 1. The van der Waals surface area contributed by atoms with Crippen LogP contribution in [0.2, 0.25) is 0 Å². The van der Waals surface area contributed by atoms with Crippen LogP contribution in [0.1, 0.15) is 37.5 Å². The molecule has 7 rings (SSSR count). The molecule has 3 aliphatic heterocycles. The lowest BCUT2D eigenvalue weighted by atomic mass is 9.92. The van der Waals surface area contributed by atoms with Gasteiger partial charge < -0.3 is 24.0 Å². The summed E-state index contributed by atoms with van der Waals surface area (Å²) in [6.45, 7) is 4.89. The van der Waals surface area contributed by atoms with Crippen LogP contribution in [0.4, 0.5) is 10.1 Å². The maximum Gasteiger partial charge on any atom is 0.260 e. The summed E-state index contributed by atoms with van der Waals surface area (Å²) in [6.07, 6.45) is 2.85. The second kappa shape index (κ2) is 15.3. The molecule has 1 N–H and O–H groups in total. The highest BCUT2D eigenvalue weighted by Crippen LogP contribution is 2.34. The van der Waals surface area contributed by atoms with Crippen molar-refractivity contribution >= 4 is 23.7 Å². The number of halogens is 1. The van der Waals surface area contributed by atoms with Crippen molar-refractivity contribution in [3.8, 4) is 17.0 Å². The molecule has 1 aromatic heterocycles. The van der Waals surface area contributed by atoms with E-state index in [9.17, 15) is 14.7 Å². The number of hydrogen-bond donors (Lipinski definition) is 1. The number of hydrogen-bond acceptors (Lipinski definition) is 8. The molecule has 4 heterocycles. The molecule has 0 bridgehead atoms. The monoisotopic (exact) mass is 708 g/mol. The molecule has 4 aromatic rings. The Morgan fingerprint density at radius 1 is 1.00 bits per heavy atom. The molecule has 0 spiro atoms. The zero-order valence-corrected chi connectivity index (χ0v) is 29.9. The Morgan fingerprint density at radius 3 is 2.46 bits per heavy atom. The number of aromatic hydroxyl groups is 1. The van der Waals surface area contributed by atoms with Gasteiger partial charge in [0, 0.05) is 94.3 Å². The van der Waals surface area contributed by atoms with Gasteiger partial charge >= 0.3 is 0 Å². The molecule has 2 amide bonds. The summed E-state index contributed by atoms with van der Waals surface area (Å²) < 4.78 is 28.2. The first kappa shape index (κ1) is 35.4. The van der Waals surface area contributed by atoms with E-state index >= 15 is 4.39 Å². The van der Waals surface area contributed by atoms with E-state index in [-0.39, 0.29) is 29.6 Å². The first-order chi connectivity index (χ1) is 25.2. The number of phenols is 1. The van der Waals surface area contributed by atoms with Gasteiger partial charge in [0.05, 0.1) is 38.0 Å². The Hall–Kier alpha value is -5.04. The summed E-state index contributed by atoms with van der Waals surface area (Å²) in [5.41, 5.74) is 5.34. The van der Waals surface area contributed by atoms with Crippen molar-refractivity contribution in [1.82, 2.24) is 19.4 Å². The third-order valence-corrected chi connectivity index (χ3v) is 10.4. The molecule has 11 nitrogen and oxygen atoms in total. The van der Waals surface area contributed by atoms with Crippen molar-refractivity contribution in [2.24, 2.45) is 12.1 Å². The average Bonchev–Trinajstić information content (AvgIpc) is 3.73. The Kier molecular flexibility index (Phi) is 10.4. The van der Waals surface area contributed by atoms with Crippen molar-refractivity contribution in [3.05, 3.63) is 107 Å². The smallest absolute Gasteiger partial charge is 0.260 e. The Morgan fingerprint density at radius 2 is 1.75 bits per heavy atom. The van der Waals surface area contributed by atoms with Crippen LogP contribution < -0.4 is 4.90 Å². The Bertz CT molecular complexity index is 1960. The lowest BCUT2D eigenvalue weighted by Crippen LogP contribution is -2.52. The summed E-state index contributed by atoms with van der Waals surface area (Å²) in [5.74, 6) is -0.869. The number of amides is 2. The largest absolute Gasteiger partial charge is 0.508 e. The topological polar surface area (TPSA) is 103 Å².